The van der Waals surface area contributed by atoms with Gasteiger partial charge in [-0.1, -0.05) is 26.0 Å². The van der Waals surface area contributed by atoms with Gasteiger partial charge in [-0.3, -0.25) is 0 Å². The van der Waals surface area contributed by atoms with E-state index in [1.165, 1.54) is 14.8 Å². The van der Waals surface area contributed by atoms with Crippen molar-refractivity contribution in [1.29, 1.82) is 0 Å². The minimum atomic E-state index is -3.23. The van der Waals surface area contributed by atoms with Crippen molar-refractivity contribution in [3.05, 3.63) is 29.3 Å². The summed E-state index contributed by atoms with van der Waals surface area (Å²) in [7, 11) is -3.23. The van der Waals surface area contributed by atoms with Crippen molar-refractivity contribution in [2.24, 2.45) is 4.99 Å². The first-order valence-electron chi connectivity index (χ1n) is 9.01. The summed E-state index contributed by atoms with van der Waals surface area (Å²) in [4.78, 5) is 5.82. The average Bonchev–Trinajstić information content (AvgIpc) is 2.60. The molecule has 0 amide bonds. The quantitative estimate of drug-likeness (QED) is 0.211. The lowest BCUT2D eigenvalue weighted by molar-refractivity contribution is 0.445. The number of benzene rings is 1. The van der Waals surface area contributed by atoms with Crippen molar-refractivity contribution in [3.63, 3.8) is 0 Å². The monoisotopic (exact) mass is 528 g/mol. The van der Waals surface area contributed by atoms with Crippen LogP contribution in [0, 0.1) is 6.92 Å². The second-order valence-electron chi connectivity index (χ2n) is 5.84. The fourth-order valence-electron chi connectivity index (χ4n) is 2.53. The van der Waals surface area contributed by atoms with Gasteiger partial charge in [0.2, 0.25) is 10.0 Å². The van der Waals surface area contributed by atoms with Crippen LogP contribution in [0.1, 0.15) is 31.9 Å². The van der Waals surface area contributed by atoms with Gasteiger partial charge < -0.3 is 10.6 Å². The molecule has 27 heavy (non-hydrogen) atoms. The molecule has 0 radical (unpaired) electrons. The number of nitrogens with zero attached hydrogens (tertiary/aromatic N) is 2. The molecule has 1 aromatic carbocycles. The van der Waals surface area contributed by atoms with Gasteiger partial charge in [0.25, 0.3) is 0 Å². The Morgan fingerprint density at radius 1 is 1.19 bits per heavy atom. The maximum absolute atomic E-state index is 12.2. The van der Waals surface area contributed by atoms with E-state index in [1.54, 1.807) is 11.8 Å². The maximum atomic E-state index is 12.2. The van der Waals surface area contributed by atoms with Crippen LogP contribution in [0.2, 0.25) is 0 Å². The van der Waals surface area contributed by atoms with Crippen LogP contribution in [0.4, 0.5) is 0 Å². The summed E-state index contributed by atoms with van der Waals surface area (Å²) in [6.45, 7) is 10.4. The third kappa shape index (κ3) is 9.01. The second-order valence-corrected chi connectivity index (χ2v) is 8.77. The molecule has 0 saturated carbocycles. The van der Waals surface area contributed by atoms with Crippen LogP contribution in [0.15, 0.2) is 28.1 Å². The number of rotatable bonds is 10. The lowest BCUT2D eigenvalue weighted by Gasteiger charge is -2.19. The van der Waals surface area contributed by atoms with Crippen molar-refractivity contribution >= 4 is 51.7 Å². The first-order valence-corrected chi connectivity index (χ1v) is 11.8. The van der Waals surface area contributed by atoms with Gasteiger partial charge in [-0.15, -0.1) is 35.7 Å². The third-order valence-corrected chi connectivity index (χ3v) is 6.79. The molecule has 9 heteroatoms. The van der Waals surface area contributed by atoms with Crippen molar-refractivity contribution in [3.8, 4) is 0 Å². The van der Waals surface area contributed by atoms with E-state index in [1.807, 2.05) is 20.8 Å². The summed E-state index contributed by atoms with van der Waals surface area (Å²) < 4.78 is 26.0. The zero-order chi connectivity index (χ0) is 19.6. The SMILES string of the molecule is CCNC(=NCc1ccc(C)cc1SC)NCCS(=O)(=O)N(CC)CC.I. The molecule has 6 nitrogen and oxygen atoms in total. The highest BCUT2D eigenvalue weighted by atomic mass is 127. The molecule has 156 valence electrons. The van der Waals surface area contributed by atoms with E-state index in [0.29, 0.717) is 32.1 Å². The molecular formula is C18H33IN4O2S2. The van der Waals surface area contributed by atoms with Crippen LogP contribution >= 0.6 is 35.7 Å². The number of nitrogens with one attached hydrogen (secondary N) is 2. The van der Waals surface area contributed by atoms with Crippen molar-refractivity contribution in [2.45, 2.75) is 39.1 Å². The standard InChI is InChI=1S/C18H32N4O2S2.HI/c1-6-19-18(20-11-12-26(23,24)22(7-2)8-3)21-14-16-10-9-15(4)13-17(16)25-5;/h9-10,13H,6-8,11-12,14H2,1-5H3,(H2,19,20,21);1H. The normalized spacial score (nSPS) is 12.0. The van der Waals surface area contributed by atoms with Crippen molar-refractivity contribution in [2.75, 3.05) is 38.2 Å². The van der Waals surface area contributed by atoms with Crippen LogP contribution in [0.25, 0.3) is 0 Å². The highest BCUT2D eigenvalue weighted by Crippen LogP contribution is 2.22. The maximum Gasteiger partial charge on any atom is 0.215 e. The van der Waals surface area contributed by atoms with E-state index in [0.717, 1.165) is 12.1 Å². The highest BCUT2D eigenvalue weighted by molar-refractivity contribution is 14.0. The molecule has 0 atom stereocenters. The van der Waals surface area contributed by atoms with E-state index in [9.17, 15) is 8.42 Å². The first-order chi connectivity index (χ1) is 12.4. The number of hydrogen-bond acceptors (Lipinski definition) is 4. The highest BCUT2D eigenvalue weighted by Gasteiger charge is 2.18. The number of guanidine groups is 1. The molecule has 2 N–H and O–H groups in total. The topological polar surface area (TPSA) is 73.8 Å². The van der Waals surface area contributed by atoms with Gasteiger partial charge in [0.1, 0.15) is 0 Å². The summed E-state index contributed by atoms with van der Waals surface area (Å²) in [5.41, 5.74) is 2.39. The zero-order valence-electron chi connectivity index (χ0n) is 16.9. The number of aryl methyl sites for hydroxylation is 1. The Morgan fingerprint density at radius 2 is 1.85 bits per heavy atom. The Labute approximate surface area is 186 Å². The Morgan fingerprint density at radius 3 is 2.41 bits per heavy atom. The Balaban J connectivity index is 0.00000676. The van der Waals surface area contributed by atoms with Crippen molar-refractivity contribution in [1.82, 2.24) is 14.9 Å². The van der Waals surface area contributed by atoms with Gasteiger partial charge in [-0.05, 0) is 37.3 Å². The van der Waals surface area contributed by atoms with Crippen LogP contribution in [-0.4, -0.2) is 56.9 Å². The molecule has 0 aromatic heterocycles. The summed E-state index contributed by atoms with van der Waals surface area (Å²) in [5.74, 6) is 0.689. The Kier molecular flexibility index (Phi) is 13.4. The van der Waals surface area contributed by atoms with E-state index >= 15 is 0 Å². The molecule has 0 bridgehead atoms. The van der Waals surface area contributed by atoms with Gasteiger partial charge in [-0.25, -0.2) is 17.7 Å². The summed E-state index contributed by atoms with van der Waals surface area (Å²) in [5, 5.41) is 6.29. The van der Waals surface area contributed by atoms with E-state index < -0.39 is 10.0 Å². The molecule has 0 saturated heterocycles. The van der Waals surface area contributed by atoms with Gasteiger partial charge >= 0.3 is 0 Å². The molecule has 0 unspecified atom stereocenters. The molecule has 0 spiro atoms. The summed E-state index contributed by atoms with van der Waals surface area (Å²) in [6.07, 6.45) is 2.06. The Hall–Kier alpha value is -0.520. The minimum Gasteiger partial charge on any atom is -0.357 e. The van der Waals surface area contributed by atoms with Crippen molar-refractivity contribution < 1.29 is 8.42 Å². The van der Waals surface area contributed by atoms with Crippen LogP contribution < -0.4 is 10.6 Å². The average molecular weight is 529 g/mol. The number of aliphatic imine (C=N–C) groups is 1. The predicted molar refractivity (Wildman–Crippen MR) is 128 cm³/mol. The molecule has 1 aromatic rings. The van der Waals surface area contributed by atoms with Gasteiger partial charge in [-0.2, -0.15) is 0 Å². The fourth-order valence-corrected chi connectivity index (χ4v) is 4.64. The lowest BCUT2D eigenvalue weighted by atomic mass is 10.1. The molecule has 0 aliphatic carbocycles. The smallest absolute Gasteiger partial charge is 0.215 e. The molecule has 0 aliphatic heterocycles. The summed E-state index contributed by atoms with van der Waals surface area (Å²) >= 11 is 1.71. The molecule has 1 rings (SSSR count). The lowest BCUT2D eigenvalue weighted by Crippen LogP contribution is -2.42. The van der Waals surface area contributed by atoms with Crippen LogP contribution in [0.5, 0.6) is 0 Å². The second kappa shape index (κ2) is 13.6. The first kappa shape index (κ1) is 26.5. The fraction of sp³-hybridized carbons (Fsp3) is 0.611. The molecule has 0 heterocycles. The molecular weight excluding hydrogens is 495 g/mol. The number of thioether (sulfide) groups is 1. The zero-order valence-corrected chi connectivity index (χ0v) is 20.9. The number of halogens is 1. The van der Waals surface area contributed by atoms with Gasteiger partial charge in [0.05, 0.1) is 12.3 Å². The predicted octanol–water partition coefficient (Wildman–Crippen LogP) is 3.06. The summed E-state index contributed by atoms with van der Waals surface area (Å²) in [6, 6.07) is 6.34. The molecule has 0 fully saturated rings. The van der Waals surface area contributed by atoms with E-state index in [-0.39, 0.29) is 29.7 Å². The number of sulfonamides is 1. The van der Waals surface area contributed by atoms with E-state index in [2.05, 4.69) is 47.0 Å². The number of hydrogen-bond donors (Lipinski definition) is 2. The van der Waals surface area contributed by atoms with Crippen LogP contribution in [0.3, 0.4) is 0 Å². The van der Waals surface area contributed by atoms with Gasteiger partial charge in [0, 0.05) is 31.1 Å². The van der Waals surface area contributed by atoms with Gasteiger partial charge in [0.15, 0.2) is 5.96 Å². The minimum absolute atomic E-state index is 0. The molecule has 0 aliphatic rings. The van der Waals surface area contributed by atoms with E-state index in [4.69, 9.17) is 0 Å². The van der Waals surface area contributed by atoms with Crippen LogP contribution in [-0.2, 0) is 16.6 Å². The Bertz CT molecular complexity index is 693. The largest absolute Gasteiger partial charge is 0.357 e. The third-order valence-electron chi connectivity index (χ3n) is 3.95.